The van der Waals surface area contributed by atoms with Crippen LogP contribution in [0.3, 0.4) is 0 Å². The maximum atomic E-state index is 12.5. The molecule has 4 rings (SSSR count). The first-order valence-corrected chi connectivity index (χ1v) is 14.2. The topological polar surface area (TPSA) is 100 Å². The van der Waals surface area contributed by atoms with Gasteiger partial charge in [-0.15, -0.1) is 0 Å². The average molecular weight is 560 g/mol. The number of carbonyl (C=O) groups excluding carboxylic acids is 2. The Hall–Kier alpha value is -4.04. The van der Waals surface area contributed by atoms with E-state index in [0.29, 0.717) is 50.5 Å². The van der Waals surface area contributed by atoms with Gasteiger partial charge < -0.3 is 30.1 Å². The lowest BCUT2D eigenvalue weighted by Crippen LogP contribution is -2.40. The predicted molar refractivity (Wildman–Crippen MR) is 161 cm³/mol. The van der Waals surface area contributed by atoms with Crippen molar-refractivity contribution in [1.29, 1.82) is 0 Å². The van der Waals surface area contributed by atoms with Gasteiger partial charge in [-0.3, -0.25) is 4.79 Å². The molecule has 218 valence electrons. The largest absolute Gasteiger partial charge is 0.507 e. The van der Waals surface area contributed by atoms with Gasteiger partial charge in [0.1, 0.15) is 11.5 Å². The lowest BCUT2D eigenvalue weighted by molar-refractivity contribution is -0.135. The van der Waals surface area contributed by atoms with Crippen molar-refractivity contribution < 1.29 is 24.2 Å². The van der Waals surface area contributed by atoms with E-state index in [1.54, 1.807) is 31.4 Å². The molecule has 1 aliphatic heterocycles. The molecule has 3 aromatic carbocycles. The Kier molecular flexibility index (Phi) is 10.2. The summed E-state index contributed by atoms with van der Waals surface area (Å²) < 4.78 is 10.5. The zero-order valence-electron chi connectivity index (χ0n) is 24.2. The Balaban J connectivity index is 1.34. The van der Waals surface area contributed by atoms with E-state index in [4.69, 9.17) is 9.47 Å². The molecule has 0 radical (unpaired) electrons. The fourth-order valence-corrected chi connectivity index (χ4v) is 5.10. The van der Waals surface area contributed by atoms with Crippen LogP contribution in [-0.2, 0) is 21.5 Å². The number of benzene rings is 3. The zero-order chi connectivity index (χ0) is 29.2. The third-order valence-corrected chi connectivity index (χ3v) is 7.68. The van der Waals surface area contributed by atoms with Gasteiger partial charge in [0.25, 0.3) is 0 Å². The fourth-order valence-electron chi connectivity index (χ4n) is 5.10. The minimum absolute atomic E-state index is 0.154. The van der Waals surface area contributed by atoms with Crippen LogP contribution in [0.4, 0.5) is 10.5 Å². The quantitative estimate of drug-likeness (QED) is 0.247. The molecule has 8 nitrogen and oxygen atoms in total. The third kappa shape index (κ3) is 8.24. The maximum absolute atomic E-state index is 12.5. The number of amides is 3. The number of urea groups is 1. The standard InChI is InChI=1S/C33H41N3O5/c1-33(2,17-7-6-10-31(38)36-18-20-41-21-19-36)25-11-16-29(30(37)22-25)28-9-5-4-8-24(28)23-34-32(39)35-26-12-14-27(40-3)15-13-26/h4-5,8-9,11-16,22,37H,6-7,10,17-21,23H2,1-3H3,(H2,34,35,39). The van der Waals surface area contributed by atoms with E-state index in [1.165, 1.54) is 0 Å². The number of carbonyl (C=O) groups is 2. The van der Waals surface area contributed by atoms with Crippen molar-refractivity contribution in [2.45, 2.75) is 51.5 Å². The Morgan fingerprint density at radius 2 is 1.71 bits per heavy atom. The first kappa shape index (κ1) is 29.9. The highest BCUT2D eigenvalue weighted by Gasteiger charge is 2.23. The maximum Gasteiger partial charge on any atom is 0.319 e. The second-order valence-corrected chi connectivity index (χ2v) is 11.0. The minimum Gasteiger partial charge on any atom is -0.507 e. The van der Waals surface area contributed by atoms with E-state index in [9.17, 15) is 14.7 Å². The van der Waals surface area contributed by atoms with Crippen LogP contribution in [0.5, 0.6) is 11.5 Å². The van der Waals surface area contributed by atoms with Crippen molar-refractivity contribution in [3.05, 3.63) is 77.9 Å². The van der Waals surface area contributed by atoms with Gasteiger partial charge in [0.15, 0.2) is 0 Å². The second-order valence-electron chi connectivity index (χ2n) is 11.0. The summed E-state index contributed by atoms with van der Waals surface area (Å²) in [5, 5.41) is 16.8. The number of nitrogens with one attached hydrogen (secondary N) is 2. The molecular formula is C33H41N3O5. The Morgan fingerprint density at radius 3 is 2.41 bits per heavy atom. The lowest BCUT2D eigenvalue weighted by atomic mass is 9.79. The minimum atomic E-state index is -0.321. The predicted octanol–water partition coefficient (Wildman–Crippen LogP) is 6.09. The normalized spacial score (nSPS) is 13.5. The summed E-state index contributed by atoms with van der Waals surface area (Å²) in [7, 11) is 1.60. The van der Waals surface area contributed by atoms with Crippen LogP contribution in [0.1, 0.15) is 50.7 Å². The van der Waals surface area contributed by atoms with Gasteiger partial charge in [-0.05, 0) is 65.3 Å². The molecule has 0 aliphatic carbocycles. The molecule has 41 heavy (non-hydrogen) atoms. The number of rotatable bonds is 11. The summed E-state index contributed by atoms with van der Waals surface area (Å²) in [5.74, 6) is 1.13. The van der Waals surface area contributed by atoms with Gasteiger partial charge in [0, 0.05) is 37.3 Å². The number of anilines is 1. The van der Waals surface area contributed by atoms with Crippen LogP contribution in [-0.4, -0.2) is 55.4 Å². The van der Waals surface area contributed by atoms with E-state index in [0.717, 1.165) is 41.7 Å². The highest BCUT2D eigenvalue weighted by atomic mass is 16.5. The Labute approximate surface area is 242 Å². The van der Waals surface area contributed by atoms with Crippen molar-refractivity contribution in [1.82, 2.24) is 10.2 Å². The molecule has 8 heteroatoms. The Morgan fingerprint density at radius 1 is 0.976 bits per heavy atom. The molecular weight excluding hydrogens is 518 g/mol. The summed E-state index contributed by atoms with van der Waals surface area (Å²) in [6, 6.07) is 20.4. The molecule has 1 fully saturated rings. The smallest absolute Gasteiger partial charge is 0.319 e. The molecule has 3 amide bonds. The first-order valence-electron chi connectivity index (χ1n) is 14.2. The van der Waals surface area contributed by atoms with Gasteiger partial charge in [-0.2, -0.15) is 0 Å². The first-order chi connectivity index (χ1) is 19.8. The van der Waals surface area contributed by atoms with E-state index < -0.39 is 0 Å². The summed E-state index contributed by atoms with van der Waals surface area (Å²) in [5.41, 5.74) is 4.03. The number of nitrogens with zero attached hydrogens (tertiary/aromatic N) is 1. The van der Waals surface area contributed by atoms with Crippen LogP contribution < -0.4 is 15.4 Å². The van der Waals surface area contributed by atoms with Gasteiger partial charge >= 0.3 is 6.03 Å². The monoisotopic (exact) mass is 559 g/mol. The molecule has 0 saturated carbocycles. The van der Waals surface area contributed by atoms with Gasteiger partial charge in [0.05, 0.1) is 20.3 Å². The molecule has 0 spiro atoms. The molecule has 0 unspecified atom stereocenters. The summed E-state index contributed by atoms with van der Waals surface area (Å²) in [6.45, 7) is 7.26. The molecule has 3 N–H and O–H groups in total. The van der Waals surface area contributed by atoms with Crippen LogP contribution in [0.15, 0.2) is 66.7 Å². The summed E-state index contributed by atoms with van der Waals surface area (Å²) in [4.78, 5) is 26.8. The number of hydrogen-bond donors (Lipinski definition) is 3. The average Bonchev–Trinajstić information content (AvgIpc) is 2.99. The van der Waals surface area contributed by atoms with Crippen molar-refractivity contribution in [2.24, 2.45) is 0 Å². The SMILES string of the molecule is COc1ccc(NC(=O)NCc2ccccc2-c2ccc(C(C)(C)CCCCC(=O)N3CCOCC3)cc2O)cc1. The summed E-state index contributed by atoms with van der Waals surface area (Å²) in [6.07, 6.45) is 3.24. The van der Waals surface area contributed by atoms with Crippen LogP contribution in [0.25, 0.3) is 11.1 Å². The molecule has 0 aromatic heterocycles. The van der Waals surface area contributed by atoms with Gasteiger partial charge in [0.2, 0.25) is 5.91 Å². The number of morpholine rings is 1. The van der Waals surface area contributed by atoms with E-state index in [1.807, 2.05) is 41.3 Å². The summed E-state index contributed by atoms with van der Waals surface area (Å²) >= 11 is 0. The number of unbranched alkanes of at least 4 members (excludes halogenated alkanes) is 1. The molecule has 1 heterocycles. The van der Waals surface area contributed by atoms with Crippen molar-refractivity contribution >= 4 is 17.6 Å². The van der Waals surface area contributed by atoms with E-state index in [2.05, 4.69) is 30.5 Å². The van der Waals surface area contributed by atoms with Crippen molar-refractivity contribution in [2.75, 3.05) is 38.7 Å². The molecule has 0 atom stereocenters. The number of phenols is 1. The van der Waals surface area contributed by atoms with E-state index in [-0.39, 0.29) is 23.1 Å². The third-order valence-electron chi connectivity index (χ3n) is 7.68. The van der Waals surface area contributed by atoms with Crippen LogP contribution >= 0.6 is 0 Å². The van der Waals surface area contributed by atoms with Crippen LogP contribution in [0, 0.1) is 0 Å². The van der Waals surface area contributed by atoms with Crippen molar-refractivity contribution in [3.8, 4) is 22.6 Å². The Bertz CT molecular complexity index is 1320. The second kappa shape index (κ2) is 14.0. The van der Waals surface area contributed by atoms with Gasteiger partial charge in [-0.25, -0.2) is 4.79 Å². The number of aromatic hydroxyl groups is 1. The zero-order valence-corrected chi connectivity index (χ0v) is 24.2. The number of ether oxygens (including phenoxy) is 2. The number of phenolic OH excluding ortho intramolecular Hbond substituents is 1. The van der Waals surface area contributed by atoms with Crippen molar-refractivity contribution in [3.63, 3.8) is 0 Å². The lowest BCUT2D eigenvalue weighted by Gasteiger charge is -2.28. The number of methoxy groups -OCH3 is 1. The number of hydrogen-bond acceptors (Lipinski definition) is 5. The molecule has 3 aromatic rings. The highest BCUT2D eigenvalue weighted by molar-refractivity contribution is 5.89. The van der Waals surface area contributed by atoms with Gasteiger partial charge in [-0.1, -0.05) is 56.7 Å². The van der Waals surface area contributed by atoms with Crippen LogP contribution in [0.2, 0.25) is 0 Å². The fraction of sp³-hybridized carbons (Fsp3) is 0.394. The molecule has 0 bridgehead atoms. The molecule has 1 saturated heterocycles. The molecule has 1 aliphatic rings. The highest BCUT2D eigenvalue weighted by Crippen LogP contribution is 2.37. The van der Waals surface area contributed by atoms with E-state index >= 15 is 0 Å².